The van der Waals surface area contributed by atoms with E-state index < -0.39 is 6.09 Å². The van der Waals surface area contributed by atoms with E-state index in [1.165, 1.54) is 22.3 Å². The van der Waals surface area contributed by atoms with E-state index in [0.29, 0.717) is 12.5 Å². The highest BCUT2D eigenvalue weighted by Crippen LogP contribution is 2.50. The van der Waals surface area contributed by atoms with E-state index in [-0.39, 0.29) is 17.5 Å². The lowest BCUT2D eigenvalue weighted by molar-refractivity contribution is -0.0352. The maximum Gasteiger partial charge on any atom is 0.408 e. The van der Waals surface area contributed by atoms with Crippen LogP contribution in [0.1, 0.15) is 68.3 Å². The van der Waals surface area contributed by atoms with Crippen LogP contribution in [0.15, 0.2) is 30.3 Å². The summed E-state index contributed by atoms with van der Waals surface area (Å²) in [5, 5.41) is 10.5. The van der Waals surface area contributed by atoms with E-state index in [2.05, 4.69) is 62.9 Å². The molecule has 2 bridgehead atoms. The van der Waals surface area contributed by atoms with Gasteiger partial charge >= 0.3 is 6.09 Å². The van der Waals surface area contributed by atoms with Crippen LogP contribution in [0.25, 0.3) is 11.1 Å². The molecule has 2 atom stereocenters. The van der Waals surface area contributed by atoms with Gasteiger partial charge in [-0.2, -0.15) is 0 Å². The number of ether oxygens (including phenoxy) is 1. The van der Waals surface area contributed by atoms with Gasteiger partial charge in [-0.05, 0) is 116 Å². The van der Waals surface area contributed by atoms with Gasteiger partial charge in [0.1, 0.15) is 5.75 Å². The van der Waals surface area contributed by atoms with Gasteiger partial charge in [0.2, 0.25) is 0 Å². The van der Waals surface area contributed by atoms with Gasteiger partial charge in [0.05, 0.1) is 18.7 Å². The predicted molar refractivity (Wildman–Crippen MR) is 140 cm³/mol. The number of nitrogens with zero attached hydrogens (tertiary/aromatic N) is 2. The number of amides is 1. The van der Waals surface area contributed by atoms with Crippen molar-refractivity contribution in [2.45, 2.75) is 72.4 Å². The molecule has 35 heavy (non-hydrogen) atoms. The van der Waals surface area contributed by atoms with Crippen molar-refractivity contribution in [3.8, 4) is 16.9 Å². The lowest BCUT2D eigenvalue weighted by Crippen LogP contribution is -2.61. The first-order valence-corrected chi connectivity index (χ1v) is 13.3. The van der Waals surface area contributed by atoms with E-state index >= 15 is 0 Å². The van der Waals surface area contributed by atoms with Crippen LogP contribution in [-0.4, -0.2) is 53.3 Å². The standard InChI is InChI=1S/C30H40N2O3/c1-6-35-27-19(2)15-24(16-20(27)3)22-7-8-25-23(17-22)9-12-30(4,5)28(25)32(29(33)34)26-18-31-13-10-21(26)11-14-31/h7-8,15-17,21,26,28H,6,9-14,18H2,1-5H3,(H,33,34)/t26-,28+/m1/s1. The number of rotatable bonds is 5. The van der Waals surface area contributed by atoms with E-state index in [1.807, 2.05) is 11.8 Å². The largest absolute Gasteiger partial charge is 0.493 e. The molecule has 0 saturated carbocycles. The summed E-state index contributed by atoms with van der Waals surface area (Å²) < 4.78 is 5.85. The van der Waals surface area contributed by atoms with Crippen LogP contribution in [0, 0.1) is 25.2 Å². The Morgan fingerprint density at radius 1 is 1.11 bits per heavy atom. The number of piperidine rings is 3. The van der Waals surface area contributed by atoms with Crippen LogP contribution in [0.4, 0.5) is 4.79 Å². The number of hydrogen-bond acceptors (Lipinski definition) is 3. The number of aryl methyl sites for hydroxylation is 3. The molecular formula is C30H40N2O3. The van der Waals surface area contributed by atoms with Gasteiger partial charge in [-0.25, -0.2) is 4.79 Å². The summed E-state index contributed by atoms with van der Waals surface area (Å²) in [6.45, 7) is 14.5. The number of carbonyl (C=O) groups is 1. The lowest BCUT2D eigenvalue weighted by Gasteiger charge is -2.54. The Labute approximate surface area is 210 Å². The fraction of sp³-hybridized carbons (Fsp3) is 0.567. The highest BCUT2D eigenvalue weighted by molar-refractivity contribution is 5.70. The number of hydrogen-bond donors (Lipinski definition) is 1. The van der Waals surface area contributed by atoms with Crippen LogP contribution in [0.5, 0.6) is 5.75 Å². The molecule has 4 aliphatic rings. The molecule has 0 radical (unpaired) electrons. The van der Waals surface area contributed by atoms with Gasteiger partial charge in [0.15, 0.2) is 0 Å². The second-order valence-corrected chi connectivity index (χ2v) is 11.6. The van der Waals surface area contributed by atoms with Gasteiger partial charge in [-0.3, -0.25) is 4.90 Å². The van der Waals surface area contributed by atoms with Crippen molar-refractivity contribution < 1.29 is 14.6 Å². The maximum absolute atomic E-state index is 12.8. The summed E-state index contributed by atoms with van der Waals surface area (Å²) in [5.41, 5.74) is 7.08. The van der Waals surface area contributed by atoms with Gasteiger partial charge in [-0.1, -0.05) is 32.0 Å². The third kappa shape index (κ3) is 4.33. The third-order valence-electron chi connectivity index (χ3n) is 8.78. The van der Waals surface area contributed by atoms with E-state index in [9.17, 15) is 9.90 Å². The molecule has 6 rings (SSSR count). The van der Waals surface area contributed by atoms with Crippen molar-refractivity contribution >= 4 is 6.09 Å². The smallest absolute Gasteiger partial charge is 0.408 e. The van der Waals surface area contributed by atoms with Crippen molar-refractivity contribution in [1.82, 2.24) is 9.80 Å². The molecule has 5 nitrogen and oxygen atoms in total. The fourth-order valence-corrected chi connectivity index (χ4v) is 6.99. The van der Waals surface area contributed by atoms with Crippen LogP contribution in [0.3, 0.4) is 0 Å². The molecule has 188 valence electrons. The molecule has 2 aromatic carbocycles. The van der Waals surface area contributed by atoms with Crippen molar-refractivity contribution in [2.75, 3.05) is 26.2 Å². The Hall–Kier alpha value is -2.53. The third-order valence-corrected chi connectivity index (χ3v) is 8.78. The van der Waals surface area contributed by atoms with Crippen molar-refractivity contribution in [3.05, 3.63) is 52.6 Å². The normalized spacial score (nSPS) is 26.8. The van der Waals surface area contributed by atoms with Crippen molar-refractivity contribution in [2.24, 2.45) is 11.3 Å². The first-order valence-electron chi connectivity index (χ1n) is 13.3. The lowest BCUT2D eigenvalue weighted by atomic mass is 9.68. The van der Waals surface area contributed by atoms with Crippen molar-refractivity contribution in [3.63, 3.8) is 0 Å². The fourth-order valence-electron chi connectivity index (χ4n) is 6.99. The summed E-state index contributed by atoms with van der Waals surface area (Å²) in [5.74, 6) is 1.46. The second-order valence-electron chi connectivity index (χ2n) is 11.6. The van der Waals surface area contributed by atoms with E-state index in [1.54, 1.807) is 0 Å². The second kappa shape index (κ2) is 9.16. The summed E-state index contributed by atoms with van der Waals surface area (Å²) in [6.07, 6.45) is 3.43. The molecular weight excluding hydrogens is 436 g/mol. The highest BCUT2D eigenvalue weighted by Gasteiger charge is 2.48. The van der Waals surface area contributed by atoms with E-state index in [4.69, 9.17) is 4.74 Å². The average molecular weight is 477 g/mol. The molecule has 0 spiro atoms. The molecule has 2 aromatic rings. The van der Waals surface area contributed by atoms with Gasteiger partial charge in [-0.15, -0.1) is 0 Å². The van der Waals surface area contributed by atoms with Gasteiger partial charge < -0.3 is 14.7 Å². The topological polar surface area (TPSA) is 53.0 Å². The highest BCUT2D eigenvalue weighted by atomic mass is 16.5. The van der Waals surface area contributed by atoms with Crippen LogP contribution in [0.2, 0.25) is 0 Å². The molecule has 1 aliphatic carbocycles. The number of benzene rings is 2. The number of carboxylic acid groups (broad SMARTS) is 1. The Morgan fingerprint density at radius 2 is 1.80 bits per heavy atom. The van der Waals surface area contributed by atoms with Gasteiger partial charge in [0.25, 0.3) is 0 Å². The minimum Gasteiger partial charge on any atom is -0.493 e. The molecule has 5 heteroatoms. The zero-order chi connectivity index (χ0) is 24.9. The molecule has 3 saturated heterocycles. The first kappa shape index (κ1) is 24.2. The minimum absolute atomic E-state index is 0.0845. The zero-order valence-corrected chi connectivity index (χ0v) is 21.9. The molecule has 0 aromatic heterocycles. The molecule has 1 N–H and O–H groups in total. The van der Waals surface area contributed by atoms with Crippen molar-refractivity contribution in [1.29, 1.82) is 0 Å². The quantitative estimate of drug-likeness (QED) is 0.538. The summed E-state index contributed by atoms with van der Waals surface area (Å²) in [6, 6.07) is 11.1. The summed E-state index contributed by atoms with van der Waals surface area (Å²) >= 11 is 0. The molecule has 0 unspecified atom stereocenters. The molecule has 3 fully saturated rings. The van der Waals surface area contributed by atoms with Gasteiger partial charge in [0, 0.05) is 6.54 Å². The summed E-state index contributed by atoms with van der Waals surface area (Å²) in [4.78, 5) is 17.1. The Kier molecular flexibility index (Phi) is 6.33. The summed E-state index contributed by atoms with van der Waals surface area (Å²) in [7, 11) is 0. The zero-order valence-electron chi connectivity index (χ0n) is 21.9. The van der Waals surface area contributed by atoms with Crippen LogP contribution < -0.4 is 4.74 Å². The van der Waals surface area contributed by atoms with E-state index in [0.717, 1.165) is 62.2 Å². The maximum atomic E-state index is 12.8. The monoisotopic (exact) mass is 476 g/mol. The minimum atomic E-state index is -0.767. The van der Waals surface area contributed by atoms with Crippen LogP contribution in [-0.2, 0) is 6.42 Å². The number of fused-ring (bicyclic) bond motifs is 4. The SMILES string of the molecule is CCOc1c(C)cc(-c2ccc3c(c2)CCC(C)(C)[C@H]3N(C(=O)O)[C@@H]2CN3CCC2CC3)cc1C. The Balaban J connectivity index is 1.53. The molecule has 1 amide bonds. The first-order chi connectivity index (χ1) is 16.7. The predicted octanol–water partition coefficient (Wildman–Crippen LogP) is 6.46. The molecule has 3 aliphatic heterocycles. The van der Waals surface area contributed by atoms with Crippen LogP contribution >= 0.6 is 0 Å². The molecule has 3 heterocycles. The Bertz CT molecular complexity index is 1090. The average Bonchev–Trinajstić information content (AvgIpc) is 2.83. The Morgan fingerprint density at radius 3 is 2.37 bits per heavy atom.